The maximum atomic E-state index is 12.5. The molecule has 1 unspecified atom stereocenters. The van der Waals surface area contributed by atoms with Crippen LogP contribution in [0.3, 0.4) is 0 Å². The molecule has 3 aromatic rings. The number of anilines is 1. The summed E-state index contributed by atoms with van der Waals surface area (Å²) in [5, 5.41) is 15.5. The zero-order valence-corrected chi connectivity index (χ0v) is 15.9. The Balaban J connectivity index is 2.02. The molecule has 2 N–H and O–H groups in total. The van der Waals surface area contributed by atoms with E-state index in [2.05, 4.69) is 30.8 Å². The Labute approximate surface area is 159 Å². The number of benzene rings is 2. The molecule has 3 rings (SSSR count). The van der Waals surface area contributed by atoms with Crippen LogP contribution in [0.15, 0.2) is 56.2 Å². The smallest absolute Gasteiger partial charge is 0.248 e. The zero-order chi connectivity index (χ0) is 17.8. The van der Waals surface area contributed by atoms with Crippen molar-refractivity contribution in [3.05, 3.63) is 58.4 Å². The van der Waals surface area contributed by atoms with Crippen molar-refractivity contribution in [1.29, 1.82) is 5.41 Å². The van der Waals surface area contributed by atoms with Gasteiger partial charge in [0, 0.05) is 16.3 Å². The average molecular weight is 440 g/mol. The third-order valence-electron chi connectivity index (χ3n) is 3.26. The van der Waals surface area contributed by atoms with Gasteiger partial charge >= 0.3 is 0 Å². The SMILES string of the molecule is N=Cc1c(NS(=O)c2ccccc2)cc(Br)cc1-c1nnc(CCl)o1. The summed E-state index contributed by atoms with van der Waals surface area (Å²) in [4.78, 5) is 0.627. The van der Waals surface area contributed by atoms with Gasteiger partial charge in [-0.25, -0.2) is 4.21 Å². The summed E-state index contributed by atoms with van der Waals surface area (Å²) < 4.78 is 21.7. The Kier molecular flexibility index (Phi) is 5.62. The number of hydrogen-bond acceptors (Lipinski definition) is 5. The second kappa shape index (κ2) is 7.90. The number of hydrogen-bond donors (Lipinski definition) is 2. The van der Waals surface area contributed by atoms with Crippen LogP contribution in [0.4, 0.5) is 5.69 Å². The third-order valence-corrected chi connectivity index (χ3v) is 5.05. The van der Waals surface area contributed by atoms with E-state index >= 15 is 0 Å². The zero-order valence-electron chi connectivity index (χ0n) is 12.7. The summed E-state index contributed by atoms with van der Waals surface area (Å²) in [7, 11) is -1.48. The molecule has 1 atom stereocenters. The van der Waals surface area contributed by atoms with Gasteiger partial charge in [-0.3, -0.25) is 0 Å². The minimum atomic E-state index is -1.48. The van der Waals surface area contributed by atoms with Crippen molar-refractivity contribution in [3.63, 3.8) is 0 Å². The van der Waals surface area contributed by atoms with Crippen molar-refractivity contribution >= 4 is 50.4 Å². The molecule has 0 amide bonds. The van der Waals surface area contributed by atoms with E-state index in [4.69, 9.17) is 21.4 Å². The van der Waals surface area contributed by atoms with Gasteiger partial charge in [-0.2, -0.15) is 0 Å². The van der Waals surface area contributed by atoms with Crippen LogP contribution < -0.4 is 4.72 Å². The van der Waals surface area contributed by atoms with E-state index in [1.54, 1.807) is 24.3 Å². The van der Waals surface area contributed by atoms with Crippen molar-refractivity contribution in [3.8, 4) is 11.5 Å². The molecule has 128 valence electrons. The molecule has 2 aromatic carbocycles. The molecular weight excluding hydrogens is 428 g/mol. The van der Waals surface area contributed by atoms with Crippen molar-refractivity contribution in [1.82, 2.24) is 10.2 Å². The second-order valence-electron chi connectivity index (χ2n) is 4.88. The van der Waals surface area contributed by atoms with Gasteiger partial charge in [-0.1, -0.05) is 34.1 Å². The van der Waals surface area contributed by atoms with Crippen molar-refractivity contribution in [2.24, 2.45) is 0 Å². The van der Waals surface area contributed by atoms with E-state index in [1.165, 1.54) is 0 Å². The van der Waals surface area contributed by atoms with Crippen LogP contribution in [0.2, 0.25) is 0 Å². The number of nitrogens with one attached hydrogen (secondary N) is 2. The summed E-state index contributed by atoms with van der Waals surface area (Å²) in [6.45, 7) is 0. The van der Waals surface area contributed by atoms with Crippen molar-refractivity contribution in [2.45, 2.75) is 10.8 Å². The molecule has 0 saturated carbocycles. The lowest BCUT2D eigenvalue weighted by atomic mass is 10.1. The Bertz CT molecular complexity index is 933. The Morgan fingerprint density at radius 1 is 1.28 bits per heavy atom. The molecule has 0 fully saturated rings. The van der Waals surface area contributed by atoms with Gasteiger partial charge < -0.3 is 14.5 Å². The highest BCUT2D eigenvalue weighted by atomic mass is 79.9. The summed E-state index contributed by atoms with van der Waals surface area (Å²) in [5.41, 5.74) is 1.53. The fraction of sp³-hybridized carbons (Fsp3) is 0.0625. The van der Waals surface area contributed by atoms with Crippen LogP contribution in [-0.4, -0.2) is 20.6 Å². The third kappa shape index (κ3) is 3.97. The van der Waals surface area contributed by atoms with Gasteiger partial charge in [0.15, 0.2) is 0 Å². The number of nitrogens with zero attached hydrogens (tertiary/aromatic N) is 2. The highest BCUT2D eigenvalue weighted by molar-refractivity contribution is 9.10. The molecule has 0 spiro atoms. The summed E-state index contributed by atoms with van der Waals surface area (Å²) >= 11 is 9.11. The minimum absolute atomic E-state index is 0.101. The Hall–Kier alpha value is -2.03. The summed E-state index contributed by atoms with van der Waals surface area (Å²) in [5.74, 6) is 0.628. The van der Waals surface area contributed by atoms with E-state index in [0.29, 0.717) is 26.2 Å². The lowest BCUT2D eigenvalue weighted by molar-refractivity contribution is 0.527. The molecule has 0 radical (unpaired) electrons. The normalized spacial score (nSPS) is 11.9. The predicted octanol–water partition coefficient (Wildman–Crippen LogP) is 4.37. The van der Waals surface area contributed by atoms with Crippen LogP contribution >= 0.6 is 27.5 Å². The van der Waals surface area contributed by atoms with Crippen LogP contribution in [0.5, 0.6) is 0 Å². The summed E-state index contributed by atoms with van der Waals surface area (Å²) in [6, 6.07) is 12.5. The monoisotopic (exact) mass is 438 g/mol. The number of halogens is 2. The fourth-order valence-electron chi connectivity index (χ4n) is 2.15. The molecule has 1 heterocycles. The van der Waals surface area contributed by atoms with Gasteiger partial charge in [0.2, 0.25) is 11.8 Å². The van der Waals surface area contributed by atoms with Gasteiger partial charge in [0.05, 0.1) is 16.1 Å². The Morgan fingerprint density at radius 2 is 2.04 bits per heavy atom. The maximum absolute atomic E-state index is 12.5. The summed E-state index contributed by atoms with van der Waals surface area (Å²) in [6.07, 6.45) is 1.15. The molecule has 0 aliphatic carbocycles. The van der Waals surface area contributed by atoms with E-state index < -0.39 is 11.0 Å². The molecule has 1 aromatic heterocycles. The maximum Gasteiger partial charge on any atom is 0.248 e. The second-order valence-corrected chi connectivity index (χ2v) is 7.27. The van der Waals surface area contributed by atoms with Gasteiger partial charge in [-0.15, -0.1) is 21.8 Å². The van der Waals surface area contributed by atoms with Gasteiger partial charge in [-0.05, 0) is 24.3 Å². The van der Waals surface area contributed by atoms with E-state index in [9.17, 15) is 4.21 Å². The van der Waals surface area contributed by atoms with E-state index in [-0.39, 0.29) is 17.7 Å². The van der Waals surface area contributed by atoms with Crippen LogP contribution in [0.1, 0.15) is 11.5 Å². The van der Waals surface area contributed by atoms with Crippen molar-refractivity contribution < 1.29 is 8.63 Å². The Morgan fingerprint density at radius 3 is 2.68 bits per heavy atom. The van der Waals surface area contributed by atoms with Crippen molar-refractivity contribution in [2.75, 3.05) is 4.72 Å². The molecular formula is C16H12BrClN4O2S. The topological polar surface area (TPSA) is 91.9 Å². The lowest BCUT2D eigenvalue weighted by Crippen LogP contribution is -2.07. The van der Waals surface area contributed by atoms with Crippen LogP contribution in [0.25, 0.3) is 11.5 Å². The largest absolute Gasteiger partial charge is 0.419 e. The highest BCUT2D eigenvalue weighted by Gasteiger charge is 2.17. The van der Waals surface area contributed by atoms with Crippen LogP contribution in [0, 0.1) is 5.41 Å². The van der Waals surface area contributed by atoms with E-state index in [1.807, 2.05) is 18.2 Å². The van der Waals surface area contributed by atoms with Gasteiger partial charge in [0.1, 0.15) is 16.9 Å². The molecule has 0 aliphatic rings. The molecule has 0 bridgehead atoms. The standard InChI is InChI=1S/C16H12BrClN4O2S/c17-10-6-12(16-21-20-15(8-18)24-16)13(9-19)14(7-10)22-25(23)11-4-2-1-3-5-11/h1-7,9,19,22H,8H2. The number of rotatable bonds is 6. The number of alkyl halides is 1. The molecule has 0 saturated heterocycles. The van der Waals surface area contributed by atoms with Crippen LogP contribution in [-0.2, 0) is 16.9 Å². The first kappa shape index (κ1) is 17.8. The van der Waals surface area contributed by atoms with E-state index in [0.717, 1.165) is 6.21 Å². The average Bonchev–Trinajstić information content (AvgIpc) is 3.11. The first-order chi connectivity index (χ1) is 12.1. The van der Waals surface area contributed by atoms with Gasteiger partial charge in [0.25, 0.3) is 0 Å². The molecule has 6 nitrogen and oxygen atoms in total. The predicted molar refractivity (Wildman–Crippen MR) is 101 cm³/mol. The molecule has 25 heavy (non-hydrogen) atoms. The number of aromatic nitrogens is 2. The first-order valence-corrected chi connectivity index (χ1v) is 9.56. The highest BCUT2D eigenvalue weighted by Crippen LogP contribution is 2.32. The first-order valence-electron chi connectivity index (χ1n) is 7.08. The molecule has 9 heteroatoms. The molecule has 0 aliphatic heterocycles. The lowest BCUT2D eigenvalue weighted by Gasteiger charge is -2.12. The minimum Gasteiger partial charge on any atom is -0.419 e. The fourth-order valence-corrected chi connectivity index (χ4v) is 3.61. The quantitative estimate of drug-likeness (QED) is 0.440.